The Bertz CT molecular complexity index is 1150. The van der Waals surface area contributed by atoms with Crippen molar-refractivity contribution >= 4 is 17.2 Å². The minimum Gasteiger partial charge on any atom is -0.374 e. The Morgan fingerprint density at radius 3 is 1.74 bits per heavy atom. The van der Waals surface area contributed by atoms with Gasteiger partial charge in [0.1, 0.15) is 35.4 Å². The van der Waals surface area contributed by atoms with Crippen LogP contribution in [0.5, 0.6) is 0 Å². The summed E-state index contributed by atoms with van der Waals surface area (Å²) in [7, 11) is -1.41. The molecule has 1 saturated heterocycles. The van der Waals surface area contributed by atoms with Gasteiger partial charge in [0.05, 0.1) is 31.2 Å². The van der Waals surface area contributed by atoms with Gasteiger partial charge in [0.15, 0.2) is 0 Å². The second kappa shape index (κ2) is 13.9. The largest absolute Gasteiger partial charge is 0.374 e. The van der Waals surface area contributed by atoms with Crippen LogP contribution in [-0.4, -0.2) is 46.2 Å². The molecule has 4 rings (SSSR count). The average molecular weight is 536 g/mol. The van der Waals surface area contributed by atoms with Crippen LogP contribution >= 0.6 is 0 Å². The van der Waals surface area contributed by atoms with Crippen molar-refractivity contribution in [2.24, 2.45) is 4.40 Å². The van der Waals surface area contributed by atoms with Crippen molar-refractivity contribution < 1.29 is 23.2 Å². The van der Waals surface area contributed by atoms with Gasteiger partial charge in [-0.2, -0.15) is 4.40 Å². The summed E-state index contributed by atoms with van der Waals surface area (Å²) in [6, 6.07) is 30.0. The van der Waals surface area contributed by atoms with Crippen LogP contribution in [0.25, 0.3) is 0 Å². The zero-order valence-corrected chi connectivity index (χ0v) is 23.1. The van der Waals surface area contributed by atoms with Gasteiger partial charge in [-0.25, -0.2) is 4.21 Å². The lowest BCUT2D eigenvalue weighted by Crippen LogP contribution is -2.39. The molecule has 1 fully saturated rings. The highest BCUT2D eigenvalue weighted by atomic mass is 32.2. The smallest absolute Gasteiger partial charge is 0.144 e. The summed E-state index contributed by atoms with van der Waals surface area (Å²) in [6.45, 7) is 7.28. The highest BCUT2D eigenvalue weighted by Crippen LogP contribution is 2.29. The molecular weight excluding hydrogens is 498 g/mol. The molecule has 7 heteroatoms. The first-order valence-corrected chi connectivity index (χ1v) is 14.1. The Kier molecular flexibility index (Phi) is 10.4. The number of benzene rings is 3. The van der Waals surface area contributed by atoms with E-state index in [-0.39, 0.29) is 6.10 Å². The van der Waals surface area contributed by atoms with Crippen LogP contribution in [0.3, 0.4) is 0 Å². The molecule has 0 saturated carbocycles. The molecule has 0 amide bonds. The maximum atomic E-state index is 12.7. The van der Waals surface area contributed by atoms with Crippen LogP contribution < -0.4 is 0 Å². The quantitative estimate of drug-likeness (QED) is 0.280. The Hall–Kier alpha value is -2.68. The van der Waals surface area contributed by atoms with Gasteiger partial charge < -0.3 is 18.9 Å². The molecule has 1 aliphatic rings. The molecule has 0 N–H and O–H groups in total. The van der Waals surface area contributed by atoms with Crippen molar-refractivity contribution in [1.29, 1.82) is 0 Å². The lowest BCUT2D eigenvalue weighted by Gasteiger charge is -2.24. The first kappa shape index (κ1) is 28.3. The highest BCUT2D eigenvalue weighted by molar-refractivity contribution is 7.85. The van der Waals surface area contributed by atoms with E-state index in [0.717, 1.165) is 16.7 Å². The Balaban J connectivity index is 1.53. The fourth-order valence-electron chi connectivity index (χ4n) is 4.08. The van der Waals surface area contributed by atoms with Crippen LogP contribution in [0.4, 0.5) is 0 Å². The first-order chi connectivity index (χ1) is 18.4. The van der Waals surface area contributed by atoms with E-state index in [0.29, 0.717) is 26.4 Å². The van der Waals surface area contributed by atoms with Gasteiger partial charge in [0.2, 0.25) is 0 Å². The normalized spacial score (nSPS) is 22.6. The first-order valence-electron chi connectivity index (χ1n) is 12.9. The maximum Gasteiger partial charge on any atom is 0.144 e. The van der Waals surface area contributed by atoms with Crippen molar-refractivity contribution in [3.63, 3.8) is 0 Å². The third-order valence-corrected chi connectivity index (χ3v) is 7.50. The van der Waals surface area contributed by atoms with E-state index in [4.69, 9.17) is 18.9 Å². The van der Waals surface area contributed by atoms with Crippen LogP contribution in [0, 0.1) is 0 Å². The summed E-state index contributed by atoms with van der Waals surface area (Å²) >= 11 is 0. The standard InChI is InChI=1S/C31H37NO5S/c1-31(2,3)38(33)32-19-27-29(35-21-25-15-9-5-10-16-25)30(36-22-26-17-11-6-12-18-26)28(37-27)23-34-20-24-13-7-4-8-14-24/h4-19,27-30H,20-23H2,1-3H3/b32-19+/t27-,28-,29-,30-,38+/m1/s1. The third-order valence-electron chi connectivity index (χ3n) is 6.14. The average Bonchev–Trinajstić information content (AvgIpc) is 3.26. The summed E-state index contributed by atoms with van der Waals surface area (Å²) in [6.07, 6.45) is -0.161. The molecule has 0 radical (unpaired) electrons. The minimum atomic E-state index is -1.41. The molecule has 6 nitrogen and oxygen atoms in total. The Morgan fingerprint density at radius 2 is 1.24 bits per heavy atom. The summed E-state index contributed by atoms with van der Waals surface area (Å²) in [5.74, 6) is 0. The molecule has 0 spiro atoms. The van der Waals surface area contributed by atoms with Gasteiger partial charge in [-0.15, -0.1) is 0 Å². The second-order valence-corrected chi connectivity index (χ2v) is 12.2. The number of hydrogen-bond donors (Lipinski definition) is 0. The fourth-order valence-corrected chi connectivity index (χ4v) is 4.62. The number of ether oxygens (including phenoxy) is 4. The predicted molar refractivity (Wildman–Crippen MR) is 151 cm³/mol. The molecule has 0 aliphatic carbocycles. The lowest BCUT2D eigenvalue weighted by atomic mass is 10.1. The molecule has 0 aromatic heterocycles. The van der Waals surface area contributed by atoms with Crippen molar-refractivity contribution in [1.82, 2.24) is 0 Å². The van der Waals surface area contributed by atoms with Gasteiger partial charge >= 0.3 is 0 Å². The van der Waals surface area contributed by atoms with Gasteiger partial charge in [-0.1, -0.05) is 91.0 Å². The molecule has 1 aliphatic heterocycles. The van der Waals surface area contributed by atoms with Crippen molar-refractivity contribution in [2.75, 3.05) is 6.61 Å². The van der Waals surface area contributed by atoms with E-state index in [9.17, 15) is 4.21 Å². The van der Waals surface area contributed by atoms with Gasteiger partial charge in [-0.05, 0) is 37.5 Å². The van der Waals surface area contributed by atoms with E-state index in [1.54, 1.807) is 6.21 Å². The molecule has 0 unspecified atom stereocenters. The molecule has 5 atom stereocenters. The maximum absolute atomic E-state index is 12.7. The molecule has 3 aromatic carbocycles. The lowest BCUT2D eigenvalue weighted by molar-refractivity contribution is -0.0896. The molecule has 3 aromatic rings. The zero-order chi connectivity index (χ0) is 26.8. The summed E-state index contributed by atoms with van der Waals surface area (Å²) in [4.78, 5) is 0. The summed E-state index contributed by atoms with van der Waals surface area (Å²) in [5, 5.41) is 0. The van der Waals surface area contributed by atoms with Gasteiger partial charge in [0.25, 0.3) is 0 Å². The number of rotatable bonds is 12. The van der Waals surface area contributed by atoms with Crippen LogP contribution in [0.1, 0.15) is 37.5 Å². The van der Waals surface area contributed by atoms with Gasteiger partial charge in [0, 0.05) is 6.21 Å². The van der Waals surface area contributed by atoms with Gasteiger partial charge in [-0.3, -0.25) is 0 Å². The number of nitrogens with zero attached hydrogens (tertiary/aromatic N) is 1. The summed E-state index contributed by atoms with van der Waals surface area (Å²) < 4.78 is 41.9. The Morgan fingerprint density at radius 1 is 0.763 bits per heavy atom. The molecule has 38 heavy (non-hydrogen) atoms. The topological polar surface area (TPSA) is 66.4 Å². The Labute approximate surface area is 228 Å². The molecule has 0 bridgehead atoms. The fraction of sp³-hybridized carbons (Fsp3) is 0.387. The monoisotopic (exact) mass is 535 g/mol. The summed E-state index contributed by atoms with van der Waals surface area (Å²) in [5.41, 5.74) is 3.19. The minimum absolute atomic E-state index is 0.326. The third kappa shape index (κ3) is 8.41. The SMILES string of the molecule is CC(C)(C)[S@](=O)/N=C/[C@H]1O[C@H](COCc2ccccc2)[C@@H](OCc2ccccc2)[C@@H]1OCc1ccccc1. The molecular formula is C31H37NO5S. The number of hydrogen-bond acceptors (Lipinski definition) is 5. The van der Waals surface area contributed by atoms with Crippen LogP contribution in [0.15, 0.2) is 95.4 Å². The van der Waals surface area contributed by atoms with E-state index in [1.165, 1.54) is 0 Å². The predicted octanol–water partition coefficient (Wildman–Crippen LogP) is 5.67. The van der Waals surface area contributed by atoms with E-state index >= 15 is 0 Å². The zero-order valence-electron chi connectivity index (χ0n) is 22.3. The van der Waals surface area contributed by atoms with E-state index < -0.39 is 34.0 Å². The van der Waals surface area contributed by atoms with E-state index in [1.807, 2.05) is 112 Å². The molecule has 1 heterocycles. The van der Waals surface area contributed by atoms with Crippen molar-refractivity contribution in [3.05, 3.63) is 108 Å². The van der Waals surface area contributed by atoms with Crippen LogP contribution in [-0.2, 0) is 49.8 Å². The van der Waals surface area contributed by atoms with Crippen molar-refractivity contribution in [3.8, 4) is 0 Å². The van der Waals surface area contributed by atoms with E-state index in [2.05, 4.69) is 4.40 Å². The van der Waals surface area contributed by atoms with Crippen molar-refractivity contribution in [2.45, 2.75) is 69.8 Å². The second-order valence-electron chi connectivity index (χ2n) is 10.3. The van der Waals surface area contributed by atoms with Crippen LogP contribution in [0.2, 0.25) is 0 Å². The molecule has 202 valence electrons. The highest BCUT2D eigenvalue weighted by Gasteiger charge is 2.46.